The number of halogens is 2. The number of nitrogens with zero attached hydrogens (tertiary/aromatic N) is 1. The minimum Gasteiger partial charge on any atom is -0.482 e. The van der Waals surface area contributed by atoms with E-state index in [-0.39, 0.29) is 0 Å². The van der Waals surface area contributed by atoms with E-state index in [1.807, 2.05) is 0 Å². The lowest BCUT2D eigenvalue weighted by Gasteiger charge is -2.26. The van der Waals surface area contributed by atoms with Crippen molar-refractivity contribution in [3.63, 3.8) is 0 Å². The molecule has 68 valence electrons. The van der Waals surface area contributed by atoms with Gasteiger partial charge in [-0.25, -0.2) is 4.99 Å². The number of aliphatic imine (C=N–C) groups is 1. The fourth-order valence-corrected chi connectivity index (χ4v) is 1.18. The number of methoxy groups -OCH3 is 2. The molecule has 0 aromatic carbocycles. The number of hydrogen-bond acceptors (Lipinski definition) is 4. The van der Waals surface area contributed by atoms with Crippen molar-refractivity contribution in [3.8, 4) is 0 Å². The molecule has 0 aromatic rings. The Balaban J connectivity index is 2.83. The highest BCUT2D eigenvalue weighted by Crippen LogP contribution is 2.23. The van der Waals surface area contributed by atoms with Crippen LogP contribution in [0.1, 0.15) is 0 Å². The molecule has 1 N–H and O–H groups in total. The SMILES string of the molecule is COC1=C(Br)C=NC(Cl)(OC)N1. The van der Waals surface area contributed by atoms with E-state index >= 15 is 0 Å². The van der Waals surface area contributed by atoms with Crippen LogP contribution in [0, 0.1) is 0 Å². The Kier molecular flexibility index (Phi) is 2.98. The lowest BCUT2D eigenvalue weighted by molar-refractivity contribution is 0.0329. The standard InChI is InChI=1S/C6H8BrClN2O2/c1-11-5-4(7)3-9-6(8,10-5)12-2/h3,10H,1-2H3. The predicted molar refractivity (Wildman–Crippen MR) is 50.2 cm³/mol. The summed E-state index contributed by atoms with van der Waals surface area (Å²) in [6.07, 6.45) is 1.52. The molecule has 0 fully saturated rings. The molecule has 1 atom stereocenters. The number of hydrogen-bond donors (Lipinski definition) is 1. The van der Waals surface area contributed by atoms with Crippen molar-refractivity contribution < 1.29 is 9.47 Å². The molecule has 0 aliphatic carbocycles. The van der Waals surface area contributed by atoms with Gasteiger partial charge in [0, 0.05) is 13.3 Å². The minimum atomic E-state index is -1.25. The molecule has 0 aromatic heterocycles. The van der Waals surface area contributed by atoms with E-state index < -0.39 is 5.31 Å². The van der Waals surface area contributed by atoms with Gasteiger partial charge in [-0.3, -0.25) is 5.32 Å². The predicted octanol–water partition coefficient (Wildman–Crippen LogP) is 1.37. The average Bonchev–Trinajstić information content (AvgIpc) is 2.10. The monoisotopic (exact) mass is 254 g/mol. The molecule has 1 aliphatic rings. The summed E-state index contributed by atoms with van der Waals surface area (Å²) in [6, 6.07) is 0. The van der Waals surface area contributed by atoms with Crippen LogP contribution >= 0.6 is 27.5 Å². The summed E-state index contributed by atoms with van der Waals surface area (Å²) >= 11 is 9.06. The first-order chi connectivity index (χ1) is 5.61. The summed E-state index contributed by atoms with van der Waals surface area (Å²) in [7, 11) is 2.97. The maximum Gasteiger partial charge on any atom is 0.322 e. The van der Waals surface area contributed by atoms with E-state index in [9.17, 15) is 0 Å². The van der Waals surface area contributed by atoms with E-state index in [4.69, 9.17) is 21.1 Å². The van der Waals surface area contributed by atoms with Crippen molar-refractivity contribution in [2.45, 2.75) is 5.31 Å². The number of allylic oxidation sites excluding steroid dienone is 1. The van der Waals surface area contributed by atoms with Crippen LogP contribution in [-0.2, 0) is 9.47 Å². The normalized spacial score (nSPS) is 28.7. The third-order valence-electron chi connectivity index (χ3n) is 1.30. The second-order valence-electron chi connectivity index (χ2n) is 2.03. The highest BCUT2D eigenvalue weighted by Gasteiger charge is 2.30. The van der Waals surface area contributed by atoms with Gasteiger partial charge in [0.25, 0.3) is 0 Å². The highest BCUT2D eigenvalue weighted by atomic mass is 79.9. The van der Waals surface area contributed by atoms with Crippen molar-refractivity contribution >= 4 is 33.7 Å². The Labute approximate surface area is 83.7 Å². The fraction of sp³-hybridized carbons (Fsp3) is 0.500. The van der Waals surface area contributed by atoms with Crippen LogP contribution < -0.4 is 5.32 Å². The lowest BCUT2D eigenvalue weighted by atomic mass is 10.5. The fourth-order valence-electron chi connectivity index (χ4n) is 0.683. The number of alkyl halides is 1. The molecule has 0 radical (unpaired) electrons. The van der Waals surface area contributed by atoms with Gasteiger partial charge in [-0.1, -0.05) is 0 Å². The van der Waals surface area contributed by atoms with Crippen LogP contribution in [0.2, 0.25) is 0 Å². The maximum atomic E-state index is 5.83. The summed E-state index contributed by atoms with van der Waals surface area (Å²) in [5, 5.41) is 1.49. The van der Waals surface area contributed by atoms with Crippen molar-refractivity contribution in [1.82, 2.24) is 5.32 Å². The number of rotatable bonds is 2. The summed E-state index contributed by atoms with van der Waals surface area (Å²) in [5.41, 5.74) is 0. The largest absolute Gasteiger partial charge is 0.482 e. The van der Waals surface area contributed by atoms with Gasteiger partial charge in [0.2, 0.25) is 5.88 Å². The molecule has 12 heavy (non-hydrogen) atoms. The summed E-state index contributed by atoms with van der Waals surface area (Å²) < 4.78 is 10.5. The summed E-state index contributed by atoms with van der Waals surface area (Å²) in [6.45, 7) is 0. The topological polar surface area (TPSA) is 42.9 Å². The molecule has 0 saturated heterocycles. The van der Waals surface area contributed by atoms with Gasteiger partial charge in [-0.15, -0.1) is 0 Å². The molecular weight excluding hydrogens is 247 g/mol. The molecule has 1 rings (SSSR count). The van der Waals surface area contributed by atoms with Crippen molar-refractivity contribution in [2.24, 2.45) is 4.99 Å². The molecule has 0 saturated carbocycles. The van der Waals surface area contributed by atoms with E-state index in [0.717, 1.165) is 0 Å². The van der Waals surface area contributed by atoms with E-state index in [1.54, 1.807) is 0 Å². The third-order valence-corrected chi connectivity index (χ3v) is 2.21. The molecule has 6 heteroatoms. The second-order valence-corrected chi connectivity index (χ2v) is 3.40. The number of nitrogens with one attached hydrogen (secondary N) is 1. The zero-order valence-electron chi connectivity index (χ0n) is 6.60. The maximum absolute atomic E-state index is 5.83. The zero-order valence-corrected chi connectivity index (χ0v) is 8.94. The van der Waals surface area contributed by atoms with Gasteiger partial charge in [0.05, 0.1) is 11.6 Å². The summed E-state index contributed by atoms with van der Waals surface area (Å²) in [5.74, 6) is 0.488. The van der Waals surface area contributed by atoms with Crippen molar-refractivity contribution in [2.75, 3.05) is 14.2 Å². The molecule has 0 bridgehead atoms. The molecule has 1 heterocycles. The van der Waals surface area contributed by atoms with Gasteiger partial charge in [0.1, 0.15) is 0 Å². The Morgan fingerprint density at radius 2 is 2.33 bits per heavy atom. The van der Waals surface area contributed by atoms with Gasteiger partial charge < -0.3 is 9.47 Å². The van der Waals surface area contributed by atoms with Gasteiger partial charge >= 0.3 is 5.31 Å². The molecule has 0 spiro atoms. The highest BCUT2D eigenvalue weighted by molar-refractivity contribution is 9.12. The Bertz CT molecular complexity index is 244. The smallest absolute Gasteiger partial charge is 0.322 e. The molecule has 0 amide bonds. The Morgan fingerprint density at radius 3 is 2.83 bits per heavy atom. The van der Waals surface area contributed by atoms with Crippen LogP contribution in [0.15, 0.2) is 15.4 Å². The van der Waals surface area contributed by atoms with Crippen LogP contribution in [0.3, 0.4) is 0 Å². The molecule has 1 aliphatic heterocycles. The van der Waals surface area contributed by atoms with Crippen molar-refractivity contribution in [3.05, 3.63) is 10.4 Å². The second kappa shape index (κ2) is 3.64. The van der Waals surface area contributed by atoms with E-state index in [0.29, 0.717) is 10.4 Å². The average molecular weight is 255 g/mol. The lowest BCUT2D eigenvalue weighted by Crippen LogP contribution is -2.42. The van der Waals surface area contributed by atoms with Crippen LogP contribution in [0.25, 0.3) is 0 Å². The van der Waals surface area contributed by atoms with E-state index in [2.05, 4.69) is 26.2 Å². The first kappa shape index (κ1) is 9.83. The van der Waals surface area contributed by atoms with Gasteiger partial charge in [-0.2, -0.15) is 0 Å². The first-order valence-electron chi connectivity index (χ1n) is 3.12. The number of ether oxygens (including phenoxy) is 2. The first-order valence-corrected chi connectivity index (χ1v) is 4.29. The van der Waals surface area contributed by atoms with Crippen LogP contribution in [0.4, 0.5) is 0 Å². The Hall–Kier alpha value is -0.260. The molecule has 1 unspecified atom stereocenters. The van der Waals surface area contributed by atoms with Crippen LogP contribution in [0.5, 0.6) is 0 Å². The van der Waals surface area contributed by atoms with Crippen molar-refractivity contribution in [1.29, 1.82) is 0 Å². The van der Waals surface area contributed by atoms with Gasteiger partial charge in [0.15, 0.2) is 0 Å². The Morgan fingerprint density at radius 1 is 1.67 bits per heavy atom. The van der Waals surface area contributed by atoms with Crippen LogP contribution in [-0.4, -0.2) is 25.7 Å². The summed E-state index contributed by atoms with van der Waals surface area (Å²) in [4.78, 5) is 3.88. The van der Waals surface area contributed by atoms with E-state index in [1.165, 1.54) is 20.4 Å². The molecular formula is C6H8BrClN2O2. The third kappa shape index (κ3) is 1.91. The quantitative estimate of drug-likeness (QED) is 0.599. The molecule has 4 nitrogen and oxygen atoms in total. The zero-order chi connectivity index (χ0) is 9.19. The minimum absolute atomic E-state index is 0.488. The van der Waals surface area contributed by atoms with Gasteiger partial charge in [-0.05, 0) is 27.5 Å².